The van der Waals surface area contributed by atoms with Gasteiger partial charge in [-0.1, -0.05) is 12.1 Å². The van der Waals surface area contributed by atoms with Crippen LogP contribution in [0.2, 0.25) is 0 Å². The third kappa shape index (κ3) is 3.39. The summed E-state index contributed by atoms with van der Waals surface area (Å²) in [5.41, 5.74) is 1.02. The zero-order chi connectivity index (χ0) is 20.1. The SMILES string of the molecule is Cc1nc2n3c(c(Br)cc-2c(=N[C@H](C)c2cccc(C(F)(F)F)c2)n1)NCC3. The second-order valence-electron chi connectivity index (χ2n) is 6.68. The molecule has 0 unspecified atom stereocenters. The number of nitrogens with zero attached hydrogens (tertiary/aromatic N) is 4. The van der Waals surface area contributed by atoms with Crippen molar-refractivity contribution in [1.82, 2.24) is 14.5 Å². The lowest BCUT2D eigenvalue weighted by atomic mass is 10.1. The minimum absolute atomic E-state index is 0.468. The van der Waals surface area contributed by atoms with E-state index in [1.165, 1.54) is 6.07 Å². The largest absolute Gasteiger partial charge is 0.416 e. The van der Waals surface area contributed by atoms with Gasteiger partial charge in [-0.05, 0) is 53.5 Å². The van der Waals surface area contributed by atoms with Gasteiger partial charge in [0.1, 0.15) is 17.5 Å². The van der Waals surface area contributed by atoms with Gasteiger partial charge in [-0.2, -0.15) is 13.2 Å². The van der Waals surface area contributed by atoms with E-state index < -0.39 is 17.8 Å². The number of benzene rings is 1. The predicted molar refractivity (Wildman–Crippen MR) is 103 cm³/mol. The van der Waals surface area contributed by atoms with Gasteiger partial charge < -0.3 is 9.88 Å². The van der Waals surface area contributed by atoms with Gasteiger partial charge in [0.2, 0.25) is 0 Å². The molecule has 0 bridgehead atoms. The summed E-state index contributed by atoms with van der Waals surface area (Å²) in [7, 11) is 0. The maximum atomic E-state index is 13.0. The van der Waals surface area contributed by atoms with E-state index in [0.29, 0.717) is 16.9 Å². The number of hydrogen-bond acceptors (Lipinski definition) is 4. The Kier molecular flexibility index (Phi) is 4.65. The van der Waals surface area contributed by atoms with Crippen LogP contribution < -0.4 is 10.8 Å². The number of anilines is 1. The smallest absolute Gasteiger partial charge is 0.369 e. The molecule has 0 aliphatic carbocycles. The molecule has 3 aliphatic rings. The Morgan fingerprint density at radius 3 is 2.79 bits per heavy atom. The van der Waals surface area contributed by atoms with Crippen molar-refractivity contribution in [3.63, 3.8) is 0 Å². The summed E-state index contributed by atoms with van der Waals surface area (Å²) in [5, 5.41) is 3.30. The number of rotatable bonds is 2. The highest BCUT2D eigenvalue weighted by molar-refractivity contribution is 9.10. The summed E-state index contributed by atoms with van der Waals surface area (Å²) >= 11 is 3.56. The Morgan fingerprint density at radius 1 is 1.25 bits per heavy atom. The van der Waals surface area contributed by atoms with Gasteiger partial charge in [0.05, 0.1) is 21.6 Å². The average Bonchev–Trinajstić information content (AvgIpc) is 3.13. The summed E-state index contributed by atoms with van der Waals surface area (Å²) in [5.74, 6) is 2.26. The van der Waals surface area contributed by atoms with Crippen molar-refractivity contribution in [3.05, 3.63) is 57.2 Å². The standard InChI is InChI=1S/C19H17BrF3N5/c1-10(12-4-3-5-13(8-12)19(21,22)23)25-16-14-9-15(20)18-24-6-7-28(18)17(14)27-11(2)26-16/h3-5,8-10,24H,6-7H2,1-2H3/t10-/m1/s1. The molecular formula is C19H17BrF3N5. The lowest BCUT2D eigenvalue weighted by Gasteiger charge is -2.16. The lowest BCUT2D eigenvalue weighted by Crippen LogP contribution is -2.20. The van der Waals surface area contributed by atoms with Crippen molar-refractivity contribution in [3.8, 4) is 11.4 Å². The summed E-state index contributed by atoms with van der Waals surface area (Å²) in [4.78, 5) is 13.6. The molecule has 4 rings (SSSR count). The molecule has 28 heavy (non-hydrogen) atoms. The maximum Gasteiger partial charge on any atom is 0.416 e. The van der Waals surface area contributed by atoms with Crippen LogP contribution in [0, 0.1) is 6.92 Å². The molecule has 3 aliphatic heterocycles. The normalized spacial score (nSPS) is 15.6. The third-order valence-electron chi connectivity index (χ3n) is 4.68. The average molecular weight is 452 g/mol. The fourth-order valence-electron chi connectivity index (χ4n) is 3.33. The Morgan fingerprint density at radius 2 is 2.04 bits per heavy atom. The first-order chi connectivity index (χ1) is 13.2. The van der Waals surface area contributed by atoms with Gasteiger partial charge in [0, 0.05) is 13.1 Å². The predicted octanol–water partition coefficient (Wildman–Crippen LogP) is 4.56. The summed E-state index contributed by atoms with van der Waals surface area (Å²) in [6, 6.07) is 6.65. The monoisotopic (exact) mass is 451 g/mol. The van der Waals surface area contributed by atoms with E-state index in [2.05, 4.69) is 40.8 Å². The van der Waals surface area contributed by atoms with Crippen LogP contribution in [0.3, 0.4) is 0 Å². The van der Waals surface area contributed by atoms with Crippen molar-refractivity contribution >= 4 is 21.7 Å². The molecule has 0 fully saturated rings. The fourth-order valence-corrected chi connectivity index (χ4v) is 3.91. The molecule has 0 aromatic heterocycles. The van der Waals surface area contributed by atoms with Gasteiger partial charge >= 0.3 is 6.18 Å². The van der Waals surface area contributed by atoms with E-state index in [-0.39, 0.29) is 0 Å². The second-order valence-corrected chi connectivity index (χ2v) is 7.53. The van der Waals surface area contributed by atoms with Crippen LogP contribution in [-0.4, -0.2) is 21.1 Å². The zero-order valence-corrected chi connectivity index (χ0v) is 16.8. The quantitative estimate of drug-likeness (QED) is 0.621. The number of halogens is 4. The molecule has 0 spiro atoms. The zero-order valence-electron chi connectivity index (χ0n) is 15.2. The summed E-state index contributed by atoms with van der Waals surface area (Å²) in [6.07, 6.45) is -4.39. The second kappa shape index (κ2) is 6.88. The molecule has 0 saturated carbocycles. The van der Waals surface area contributed by atoms with Crippen LogP contribution in [-0.2, 0) is 12.7 Å². The van der Waals surface area contributed by atoms with Gasteiger partial charge in [0.15, 0.2) is 5.49 Å². The topological polar surface area (TPSA) is 55.1 Å². The Labute approximate surface area is 167 Å². The molecule has 5 nitrogen and oxygen atoms in total. The molecule has 1 aromatic rings. The van der Waals surface area contributed by atoms with Crippen LogP contribution in [0.15, 0.2) is 39.8 Å². The molecule has 0 saturated heterocycles. The Balaban J connectivity index is 1.84. The molecule has 1 aromatic carbocycles. The first kappa shape index (κ1) is 18.9. The number of fused-ring (bicyclic) bond motifs is 3. The van der Waals surface area contributed by atoms with Gasteiger partial charge in [0.25, 0.3) is 0 Å². The molecule has 1 N–H and O–H groups in total. The molecule has 3 heterocycles. The first-order valence-corrected chi connectivity index (χ1v) is 9.56. The van der Waals surface area contributed by atoms with Crippen molar-refractivity contribution in [1.29, 1.82) is 0 Å². The van der Waals surface area contributed by atoms with Gasteiger partial charge in [-0.3, -0.25) is 4.99 Å². The number of alkyl halides is 3. The van der Waals surface area contributed by atoms with Crippen molar-refractivity contribution < 1.29 is 13.2 Å². The minimum atomic E-state index is -4.39. The van der Waals surface area contributed by atoms with Crippen molar-refractivity contribution in [2.75, 3.05) is 11.9 Å². The molecule has 0 amide bonds. The van der Waals surface area contributed by atoms with Gasteiger partial charge in [-0.15, -0.1) is 0 Å². The fraction of sp³-hybridized carbons (Fsp3) is 0.316. The van der Waals surface area contributed by atoms with Crippen molar-refractivity contribution in [2.24, 2.45) is 4.99 Å². The van der Waals surface area contributed by atoms with Gasteiger partial charge in [-0.25, -0.2) is 9.97 Å². The van der Waals surface area contributed by atoms with E-state index >= 15 is 0 Å². The van der Waals surface area contributed by atoms with E-state index in [4.69, 9.17) is 0 Å². The van der Waals surface area contributed by atoms with Crippen LogP contribution in [0.4, 0.5) is 19.0 Å². The van der Waals surface area contributed by atoms with Crippen LogP contribution >= 0.6 is 15.9 Å². The highest BCUT2D eigenvalue weighted by Gasteiger charge is 2.30. The molecular weight excluding hydrogens is 435 g/mol. The lowest BCUT2D eigenvalue weighted by molar-refractivity contribution is -0.137. The highest BCUT2D eigenvalue weighted by Crippen LogP contribution is 2.33. The Hall–Kier alpha value is -2.42. The molecule has 1 atom stereocenters. The van der Waals surface area contributed by atoms with Crippen LogP contribution in [0.25, 0.3) is 11.4 Å². The van der Waals surface area contributed by atoms with Crippen LogP contribution in [0.5, 0.6) is 0 Å². The summed E-state index contributed by atoms with van der Waals surface area (Å²) < 4.78 is 42.0. The molecule has 0 radical (unpaired) electrons. The summed E-state index contributed by atoms with van der Waals surface area (Å²) in [6.45, 7) is 5.11. The minimum Gasteiger partial charge on any atom is -0.369 e. The van der Waals surface area contributed by atoms with E-state index in [9.17, 15) is 13.2 Å². The highest BCUT2D eigenvalue weighted by atomic mass is 79.9. The maximum absolute atomic E-state index is 13.0. The Bertz CT molecular complexity index is 1090. The number of aromatic nitrogens is 3. The number of pyridine rings is 1. The number of aryl methyl sites for hydroxylation is 1. The van der Waals surface area contributed by atoms with E-state index in [0.717, 1.165) is 46.9 Å². The van der Waals surface area contributed by atoms with E-state index in [1.807, 2.05) is 6.07 Å². The first-order valence-electron chi connectivity index (χ1n) is 8.76. The molecule has 9 heteroatoms. The third-order valence-corrected chi connectivity index (χ3v) is 5.28. The number of nitrogens with one attached hydrogen (secondary N) is 1. The van der Waals surface area contributed by atoms with Crippen LogP contribution in [0.1, 0.15) is 29.9 Å². The van der Waals surface area contributed by atoms with Crippen molar-refractivity contribution in [2.45, 2.75) is 32.6 Å². The number of hydrogen-bond donors (Lipinski definition) is 1. The van der Waals surface area contributed by atoms with E-state index in [1.54, 1.807) is 19.9 Å². The molecule has 146 valence electrons.